The fourth-order valence-corrected chi connectivity index (χ4v) is 2.12. The third-order valence-corrected chi connectivity index (χ3v) is 3.19. The van der Waals surface area contributed by atoms with Crippen LogP contribution in [0.5, 0.6) is 0 Å². The molecule has 2 atom stereocenters. The summed E-state index contributed by atoms with van der Waals surface area (Å²) in [5, 5.41) is 11.6. The monoisotopic (exact) mass is 273 g/mol. The molecule has 2 N–H and O–H groups in total. The summed E-state index contributed by atoms with van der Waals surface area (Å²) in [6.07, 6.45) is 4.16. The van der Waals surface area contributed by atoms with Crippen LogP contribution >= 0.6 is 0 Å². The topological polar surface area (TPSA) is 84.9 Å². The van der Waals surface area contributed by atoms with Gasteiger partial charge in [-0.3, -0.25) is 4.79 Å². The van der Waals surface area contributed by atoms with E-state index in [0.29, 0.717) is 32.3 Å². The number of amides is 1. The number of carboxylic acids is 1. The Balaban J connectivity index is 2.23. The number of rotatable bonds is 9. The molecule has 1 fully saturated rings. The fourth-order valence-electron chi connectivity index (χ4n) is 2.12. The van der Waals surface area contributed by atoms with Gasteiger partial charge >= 0.3 is 5.97 Å². The van der Waals surface area contributed by atoms with Gasteiger partial charge in [-0.2, -0.15) is 0 Å². The van der Waals surface area contributed by atoms with Crippen LogP contribution in [0.4, 0.5) is 0 Å². The zero-order valence-corrected chi connectivity index (χ0v) is 11.4. The molecule has 1 saturated heterocycles. The number of ether oxygens (including phenoxy) is 2. The van der Waals surface area contributed by atoms with Crippen molar-refractivity contribution in [2.24, 2.45) is 0 Å². The van der Waals surface area contributed by atoms with Crippen LogP contribution in [-0.2, 0) is 19.1 Å². The van der Waals surface area contributed by atoms with E-state index in [1.165, 1.54) is 0 Å². The van der Waals surface area contributed by atoms with Crippen molar-refractivity contribution in [1.82, 2.24) is 5.32 Å². The van der Waals surface area contributed by atoms with Crippen LogP contribution in [0.3, 0.4) is 0 Å². The predicted octanol–water partition coefficient (Wildman–Crippen LogP) is 0.942. The minimum absolute atomic E-state index is 0.155. The Labute approximate surface area is 113 Å². The van der Waals surface area contributed by atoms with Gasteiger partial charge in [-0.25, -0.2) is 4.79 Å². The number of carbonyl (C=O) groups is 2. The van der Waals surface area contributed by atoms with Gasteiger partial charge in [0.1, 0.15) is 6.04 Å². The Morgan fingerprint density at radius 1 is 1.53 bits per heavy atom. The second kappa shape index (κ2) is 8.87. The molecule has 1 amide bonds. The smallest absolute Gasteiger partial charge is 0.326 e. The van der Waals surface area contributed by atoms with Crippen molar-refractivity contribution in [3.63, 3.8) is 0 Å². The second-order valence-corrected chi connectivity index (χ2v) is 4.77. The van der Waals surface area contributed by atoms with Gasteiger partial charge in [-0.05, 0) is 32.1 Å². The standard InChI is InChI=1S/C13H23NO5/c1-18-8-3-5-11(13(16)17)14-12(15)7-6-10-4-2-9-19-10/h10-11H,2-9H2,1H3,(H,14,15)(H,16,17). The number of nitrogens with one attached hydrogen (secondary N) is 1. The van der Waals surface area contributed by atoms with E-state index in [1.54, 1.807) is 7.11 Å². The highest BCUT2D eigenvalue weighted by molar-refractivity contribution is 5.83. The van der Waals surface area contributed by atoms with Crippen LogP contribution in [0.15, 0.2) is 0 Å². The molecule has 0 radical (unpaired) electrons. The van der Waals surface area contributed by atoms with Gasteiger partial charge in [0.25, 0.3) is 0 Å². The normalized spacial score (nSPS) is 20.2. The van der Waals surface area contributed by atoms with Gasteiger partial charge in [0.05, 0.1) is 6.10 Å². The van der Waals surface area contributed by atoms with Crippen LogP contribution in [0, 0.1) is 0 Å². The van der Waals surface area contributed by atoms with Crippen molar-refractivity contribution in [3.8, 4) is 0 Å². The molecule has 0 bridgehead atoms. The quantitative estimate of drug-likeness (QED) is 0.611. The molecule has 1 aliphatic rings. The molecular formula is C13H23NO5. The van der Waals surface area contributed by atoms with E-state index >= 15 is 0 Å². The molecule has 19 heavy (non-hydrogen) atoms. The van der Waals surface area contributed by atoms with Gasteiger partial charge in [0.15, 0.2) is 0 Å². The summed E-state index contributed by atoms with van der Waals surface area (Å²) in [7, 11) is 1.57. The molecule has 6 heteroatoms. The Morgan fingerprint density at radius 3 is 2.89 bits per heavy atom. The molecule has 0 aromatic rings. The molecule has 110 valence electrons. The number of hydrogen-bond acceptors (Lipinski definition) is 4. The first-order valence-corrected chi connectivity index (χ1v) is 6.76. The van der Waals surface area contributed by atoms with Gasteiger partial charge in [0, 0.05) is 26.7 Å². The lowest BCUT2D eigenvalue weighted by Gasteiger charge is -2.15. The van der Waals surface area contributed by atoms with Crippen molar-refractivity contribution in [3.05, 3.63) is 0 Å². The van der Waals surface area contributed by atoms with Crippen molar-refractivity contribution < 1.29 is 24.2 Å². The van der Waals surface area contributed by atoms with Gasteiger partial charge < -0.3 is 19.9 Å². The summed E-state index contributed by atoms with van der Waals surface area (Å²) < 4.78 is 10.3. The number of hydrogen-bond donors (Lipinski definition) is 2. The maximum atomic E-state index is 11.7. The summed E-state index contributed by atoms with van der Waals surface area (Å²) in [6, 6.07) is -0.827. The lowest BCUT2D eigenvalue weighted by molar-refractivity contribution is -0.142. The first-order chi connectivity index (χ1) is 9.13. The lowest BCUT2D eigenvalue weighted by Crippen LogP contribution is -2.41. The maximum Gasteiger partial charge on any atom is 0.326 e. The van der Waals surface area contributed by atoms with E-state index < -0.39 is 12.0 Å². The first kappa shape index (κ1) is 15.9. The summed E-state index contributed by atoms with van der Waals surface area (Å²) >= 11 is 0. The third kappa shape index (κ3) is 6.54. The minimum atomic E-state index is -0.999. The highest BCUT2D eigenvalue weighted by Crippen LogP contribution is 2.16. The Hall–Kier alpha value is -1.14. The van der Waals surface area contributed by atoms with E-state index in [2.05, 4.69) is 5.32 Å². The highest BCUT2D eigenvalue weighted by atomic mass is 16.5. The average Bonchev–Trinajstić information content (AvgIpc) is 2.88. The van der Waals surface area contributed by atoms with E-state index in [0.717, 1.165) is 19.4 Å². The van der Waals surface area contributed by atoms with Crippen molar-refractivity contribution in [1.29, 1.82) is 0 Å². The molecule has 0 saturated carbocycles. The van der Waals surface area contributed by atoms with Crippen LogP contribution in [0.2, 0.25) is 0 Å². The van der Waals surface area contributed by atoms with Crippen molar-refractivity contribution >= 4 is 11.9 Å². The van der Waals surface area contributed by atoms with Crippen molar-refractivity contribution in [2.75, 3.05) is 20.3 Å². The molecule has 0 aliphatic carbocycles. The SMILES string of the molecule is COCCCC(NC(=O)CCC1CCCO1)C(=O)O. The number of carbonyl (C=O) groups excluding carboxylic acids is 1. The molecule has 0 spiro atoms. The van der Waals surface area contributed by atoms with Crippen LogP contribution in [-0.4, -0.2) is 49.5 Å². The van der Waals surface area contributed by atoms with Crippen molar-refractivity contribution in [2.45, 2.75) is 50.7 Å². The number of aliphatic carboxylic acids is 1. The molecule has 6 nitrogen and oxygen atoms in total. The molecule has 1 rings (SSSR count). The Kier molecular flexibility index (Phi) is 7.43. The lowest BCUT2D eigenvalue weighted by atomic mass is 10.1. The van der Waals surface area contributed by atoms with E-state index in [4.69, 9.17) is 14.6 Å². The Bertz CT molecular complexity index is 289. The van der Waals surface area contributed by atoms with E-state index in [1.807, 2.05) is 0 Å². The van der Waals surface area contributed by atoms with Gasteiger partial charge in [-0.1, -0.05) is 0 Å². The Morgan fingerprint density at radius 2 is 2.32 bits per heavy atom. The molecule has 1 aliphatic heterocycles. The molecule has 2 unspecified atom stereocenters. The molecule has 0 aromatic carbocycles. The van der Waals surface area contributed by atoms with Gasteiger partial charge in [-0.15, -0.1) is 0 Å². The summed E-state index contributed by atoms with van der Waals surface area (Å²) in [5.41, 5.74) is 0. The molecule has 1 heterocycles. The fraction of sp³-hybridized carbons (Fsp3) is 0.846. The van der Waals surface area contributed by atoms with Crippen LogP contribution in [0.25, 0.3) is 0 Å². The maximum absolute atomic E-state index is 11.7. The summed E-state index contributed by atoms with van der Waals surface area (Å²) in [6.45, 7) is 1.26. The molecular weight excluding hydrogens is 250 g/mol. The predicted molar refractivity (Wildman–Crippen MR) is 68.9 cm³/mol. The average molecular weight is 273 g/mol. The first-order valence-electron chi connectivity index (χ1n) is 6.76. The van der Waals surface area contributed by atoms with Crippen LogP contribution < -0.4 is 5.32 Å². The minimum Gasteiger partial charge on any atom is -0.480 e. The summed E-state index contributed by atoms with van der Waals surface area (Å²) in [5.74, 6) is -1.22. The van der Waals surface area contributed by atoms with Crippen LogP contribution in [0.1, 0.15) is 38.5 Å². The van der Waals surface area contributed by atoms with E-state index in [-0.39, 0.29) is 12.0 Å². The number of carboxylic acid groups (broad SMARTS) is 1. The number of methoxy groups -OCH3 is 1. The second-order valence-electron chi connectivity index (χ2n) is 4.77. The highest BCUT2D eigenvalue weighted by Gasteiger charge is 2.21. The summed E-state index contributed by atoms with van der Waals surface area (Å²) in [4.78, 5) is 22.7. The van der Waals surface area contributed by atoms with E-state index in [9.17, 15) is 9.59 Å². The molecule has 0 aromatic heterocycles. The zero-order valence-electron chi connectivity index (χ0n) is 11.4. The van der Waals surface area contributed by atoms with Gasteiger partial charge in [0.2, 0.25) is 5.91 Å². The third-order valence-electron chi connectivity index (χ3n) is 3.19. The zero-order chi connectivity index (χ0) is 14.1. The largest absolute Gasteiger partial charge is 0.480 e.